The van der Waals surface area contributed by atoms with Gasteiger partial charge in [0, 0.05) is 30.2 Å². The van der Waals surface area contributed by atoms with Gasteiger partial charge in [-0.15, -0.1) is 11.3 Å². The van der Waals surface area contributed by atoms with Gasteiger partial charge in [0.05, 0.1) is 20.7 Å². The first-order valence-electron chi connectivity index (χ1n) is 9.01. The van der Waals surface area contributed by atoms with Crippen molar-refractivity contribution >= 4 is 48.3 Å². The van der Waals surface area contributed by atoms with Crippen LogP contribution in [0.1, 0.15) is 13.8 Å². The highest BCUT2D eigenvalue weighted by Gasteiger charge is 2.16. The number of thiazole rings is 1. The molecule has 0 bridgehead atoms. The van der Waals surface area contributed by atoms with Gasteiger partial charge >= 0.3 is 5.63 Å². The molecule has 29 heavy (non-hydrogen) atoms. The molecule has 150 valence electrons. The van der Waals surface area contributed by atoms with E-state index in [4.69, 9.17) is 4.42 Å². The number of hydrogen-bond donors (Lipinski definition) is 1. The Kier molecular flexibility index (Phi) is 4.89. The fourth-order valence-corrected chi connectivity index (χ4v) is 4.81. The third-order valence-corrected chi connectivity index (χ3v) is 6.64. The summed E-state index contributed by atoms with van der Waals surface area (Å²) in [7, 11) is -4.31. The van der Waals surface area contributed by atoms with Gasteiger partial charge in [-0.2, -0.15) is 8.42 Å². The second kappa shape index (κ2) is 7.25. The standard InChI is InChI=1S/C20H18N2O5S2/c1-3-22(4-2)13-6-5-12-9-15(20(23)27-17(12)10-13)19-21-16-8-7-14(29(24,25)26)11-18(16)28-19/h5-11H,3-4H2,1-2H3,(H,24,25,26). The SMILES string of the molecule is CCN(CC)c1ccc2cc(-c3nc4ccc(S(=O)(=O)O)cc4s3)c(=O)oc2c1. The number of rotatable bonds is 5. The summed E-state index contributed by atoms with van der Waals surface area (Å²) in [5, 5.41) is 1.20. The summed E-state index contributed by atoms with van der Waals surface area (Å²) in [4.78, 5) is 19.0. The summed E-state index contributed by atoms with van der Waals surface area (Å²) in [6, 6.07) is 11.6. The summed E-state index contributed by atoms with van der Waals surface area (Å²) in [6.07, 6.45) is 0. The van der Waals surface area contributed by atoms with Crippen molar-refractivity contribution in [3.63, 3.8) is 0 Å². The van der Waals surface area contributed by atoms with E-state index in [-0.39, 0.29) is 4.90 Å². The number of fused-ring (bicyclic) bond motifs is 2. The molecule has 9 heteroatoms. The highest BCUT2D eigenvalue weighted by atomic mass is 32.2. The first kappa shape index (κ1) is 19.6. The van der Waals surface area contributed by atoms with E-state index in [9.17, 15) is 17.8 Å². The first-order chi connectivity index (χ1) is 13.8. The van der Waals surface area contributed by atoms with Crippen molar-refractivity contribution in [3.05, 3.63) is 52.9 Å². The van der Waals surface area contributed by atoms with Crippen molar-refractivity contribution in [1.82, 2.24) is 4.98 Å². The minimum Gasteiger partial charge on any atom is -0.422 e. The number of hydrogen-bond acceptors (Lipinski definition) is 7. The predicted molar refractivity (Wildman–Crippen MR) is 114 cm³/mol. The highest BCUT2D eigenvalue weighted by molar-refractivity contribution is 7.85. The number of benzene rings is 2. The quantitative estimate of drug-likeness (QED) is 0.375. The first-order valence-corrected chi connectivity index (χ1v) is 11.3. The molecular weight excluding hydrogens is 412 g/mol. The molecule has 7 nitrogen and oxygen atoms in total. The van der Waals surface area contributed by atoms with Gasteiger partial charge in [0.1, 0.15) is 10.6 Å². The fraction of sp³-hybridized carbons (Fsp3) is 0.200. The Labute approximate surface area is 171 Å². The van der Waals surface area contributed by atoms with Crippen molar-refractivity contribution in [2.75, 3.05) is 18.0 Å². The van der Waals surface area contributed by atoms with Gasteiger partial charge in [-0.25, -0.2) is 9.78 Å². The number of anilines is 1. The lowest BCUT2D eigenvalue weighted by molar-refractivity contribution is 0.483. The normalized spacial score (nSPS) is 12.0. The van der Waals surface area contributed by atoms with Crippen molar-refractivity contribution < 1.29 is 17.4 Å². The molecule has 2 aromatic heterocycles. The smallest absolute Gasteiger partial charge is 0.346 e. The van der Waals surface area contributed by atoms with E-state index in [1.807, 2.05) is 18.2 Å². The third kappa shape index (κ3) is 3.64. The van der Waals surface area contributed by atoms with E-state index in [1.54, 1.807) is 6.07 Å². The summed E-state index contributed by atoms with van der Waals surface area (Å²) in [6.45, 7) is 5.82. The van der Waals surface area contributed by atoms with Gasteiger partial charge in [0.2, 0.25) is 0 Å². The summed E-state index contributed by atoms with van der Waals surface area (Å²) in [5.74, 6) is 0. The Morgan fingerprint density at radius 1 is 1.10 bits per heavy atom. The van der Waals surface area contributed by atoms with Crippen LogP contribution >= 0.6 is 11.3 Å². The second-order valence-corrected chi connectivity index (χ2v) is 8.92. The summed E-state index contributed by atoms with van der Waals surface area (Å²) >= 11 is 1.16. The monoisotopic (exact) mass is 430 g/mol. The zero-order chi connectivity index (χ0) is 20.8. The van der Waals surface area contributed by atoms with Crippen LogP contribution in [-0.4, -0.2) is 31.0 Å². The maximum absolute atomic E-state index is 12.6. The molecule has 0 aliphatic rings. The lowest BCUT2D eigenvalue weighted by Crippen LogP contribution is -2.21. The molecule has 2 heterocycles. The molecule has 0 saturated carbocycles. The van der Waals surface area contributed by atoms with Gasteiger partial charge in [-0.1, -0.05) is 0 Å². The molecule has 0 spiro atoms. The Bertz CT molecular complexity index is 1390. The van der Waals surface area contributed by atoms with Crippen molar-refractivity contribution in [2.45, 2.75) is 18.7 Å². The van der Waals surface area contributed by atoms with Crippen LogP contribution in [0.2, 0.25) is 0 Å². The van der Waals surface area contributed by atoms with Gasteiger partial charge in [-0.05, 0) is 50.2 Å². The number of aromatic nitrogens is 1. The average Bonchev–Trinajstić information content (AvgIpc) is 3.10. The minimum atomic E-state index is -4.31. The van der Waals surface area contributed by atoms with Crippen molar-refractivity contribution in [3.8, 4) is 10.6 Å². The molecule has 0 atom stereocenters. The van der Waals surface area contributed by atoms with Crippen LogP contribution < -0.4 is 10.5 Å². The zero-order valence-corrected chi connectivity index (χ0v) is 17.4. The highest BCUT2D eigenvalue weighted by Crippen LogP contribution is 2.32. The Balaban J connectivity index is 1.82. The predicted octanol–water partition coefficient (Wildman–Crippen LogP) is 4.16. The molecule has 0 fully saturated rings. The molecule has 1 N–H and O–H groups in total. The van der Waals surface area contributed by atoms with Crippen LogP contribution in [0.25, 0.3) is 31.8 Å². The van der Waals surface area contributed by atoms with Crippen molar-refractivity contribution in [1.29, 1.82) is 0 Å². The number of nitrogens with zero attached hydrogens (tertiary/aromatic N) is 2. The van der Waals surface area contributed by atoms with E-state index in [2.05, 4.69) is 23.7 Å². The molecule has 2 aromatic carbocycles. The Morgan fingerprint density at radius 3 is 2.55 bits per heavy atom. The molecule has 0 radical (unpaired) electrons. The summed E-state index contributed by atoms with van der Waals surface area (Å²) < 4.78 is 38.0. The van der Waals surface area contributed by atoms with E-state index in [0.29, 0.717) is 26.4 Å². The van der Waals surface area contributed by atoms with Crippen LogP contribution in [0.3, 0.4) is 0 Å². The third-order valence-electron chi connectivity index (χ3n) is 4.74. The lowest BCUT2D eigenvalue weighted by atomic mass is 10.1. The maximum Gasteiger partial charge on any atom is 0.346 e. The summed E-state index contributed by atoms with van der Waals surface area (Å²) in [5.41, 5.74) is 1.81. The van der Waals surface area contributed by atoms with Crippen LogP contribution in [0, 0.1) is 0 Å². The van der Waals surface area contributed by atoms with Crippen LogP contribution in [0.4, 0.5) is 5.69 Å². The average molecular weight is 431 g/mol. The van der Waals surface area contributed by atoms with Gasteiger partial charge < -0.3 is 9.32 Å². The maximum atomic E-state index is 12.6. The van der Waals surface area contributed by atoms with Crippen LogP contribution in [0.5, 0.6) is 0 Å². The minimum absolute atomic E-state index is 0.213. The molecule has 0 saturated heterocycles. The van der Waals surface area contributed by atoms with Gasteiger partial charge in [-0.3, -0.25) is 4.55 Å². The Morgan fingerprint density at radius 2 is 1.86 bits per heavy atom. The van der Waals surface area contributed by atoms with E-state index < -0.39 is 15.7 Å². The van der Waals surface area contributed by atoms with Gasteiger partial charge in [0.25, 0.3) is 10.1 Å². The molecular formula is C20H18N2O5S2. The fourth-order valence-electron chi connectivity index (χ4n) is 3.22. The second-order valence-electron chi connectivity index (χ2n) is 6.47. The molecule has 0 aliphatic heterocycles. The molecule has 4 aromatic rings. The Hall–Kier alpha value is -2.75. The van der Waals surface area contributed by atoms with Crippen LogP contribution in [-0.2, 0) is 10.1 Å². The van der Waals surface area contributed by atoms with Crippen LogP contribution in [0.15, 0.2) is 56.6 Å². The van der Waals surface area contributed by atoms with Gasteiger partial charge in [0.15, 0.2) is 0 Å². The molecule has 0 aliphatic carbocycles. The molecule has 0 amide bonds. The van der Waals surface area contributed by atoms with E-state index >= 15 is 0 Å². The van der Waals surface area contributed by atoms with E-state index in [1.165, 1.54) is 18.2 Å². The topological polar surface area (TPSA) is 101 Å². The van der Waals surface area contributed by atoms with Crippen molar-refractivity contribution in [2.24, 2.45) is 0 Å². The van der Waals surface area contributed by atoms with E-state index in [0.717, 1.165) is 35.5 Å². The largest absolute Gasteiger partial charge is 0.422 e. The molecule has 0 unspecified atom stereocenters. The lowest BCUT2D eigenvalue weighted by Gasteiger charge is -2.20. The zero-order valence-electron chi connectivity index (χ0n) is 15.7. The molecule has 4 rings (SSSR count).